The molecule has 5 rings (SSSR count). The predicted octanol–water partition coefficient (Wildman–Crippen LogP) is 8.13. The molecule has 0 amide bonds. The molecular weight excluding hydrogens is 547 g/mol. The van der Waals surface area contributed by atoms with Crippen molar-refractivity contribution in [3.8, 4) is 21.8 Å². The Morgan fingerprint density at radius 3 is 2.49 bits per heavy atom. The Bertz CT molecular complexity index is 2040. The van der Waals surface area contributed by atoms with Crippen LogP contribution in [0, 0.1) is 0 Å². The zero-order chi connectivity index (χ0) is 30.5. The van der Waals surface area contributed by atoms with Crippen molar-refractivity contribution in [3.05, 3.63) is 143 Å². The lowest BCUT2D eigenvalue weighted by Gasteiger charge is -2.12. The minimum atomic E-state index is 0.794. The Kier molecular flexibility index (Phi) is 8.69. The Labute approximate surface area is 256 Å². The number of benzene rings is 1. The zero-order valence-electron chi connectivity index (χ0n) is 24.8. The van der Waals surface area contributed by atoms with Crippen molar-refractivity contribution >= 4 is 45.7 Å². The van der Waals surface area contributed by atoms with Crippen molar-refractivity contribution in [1.29, 1.82) is 0 Å². The first-order valence-corrected chi connectivity index (χ1v) is 14.8. The average molecular weight is 582 g/mol. The molecule has 0 radical (unpaired) electrons. The predicted molar refractivity (Wildman–Crippen MR) is 185 cm³/mol. The van der Waals surface area contributed by atoms with E-state index in [-0.39, 0.29) is 0 Å². The molecule has 0 saturated heterocycles. The van der Waals surface area contributed by atoms with Gasteiger partial charge < -0.3 is 10.3 Å². The third-order valence-electron chi connectivity index (χ3n) is 7.16. The monoisotopic (exact) mass is 581 g/mol. The maximum absolute atomic E-state index is 4.71. The number of H-pyrrole nitrogens is 2. The lowest BCUT2D eigenvalue weighted by molar-refractivity contribution is 1.06. The second kappa shape index (κ2) is 12.8. The van der Waals surface area contributed by atoms with Crippen molar-refractivity contribution in [2.75, 3.05) is 0 Å². The van der Waals surface area contributed by atoms with Crippen molar-refractivity contribution in [1.82, 2.24) is 25.5 Å². The Morgan fingerprint density at radius 2 is 1.81 bits per heavy atom. The summed E-state index contributed by atoms with van der Waals surface area (Å²) >= 11 is 1.72. The zero-order valence-corrected chi connectivity index (χ0v) is 25.6. The second-order valence-electron chi connectivity index (χ2n) is 10.2. The number of hydrogen-bond acceptors (Lipinski definition) is 4. The van der Waals surface area contributed by atoms with Crippen LogP contribution in [0.25, 0.3) is 56.2 Å². The van der Waals surface area contributed by atoms with Crippen LogP contribution >= 0.6 is 11.3 Å². The Hall–Kier alpha value is -5.20. The molecule has 0 fully saturated rings. The summed E-state index contributed by atoms with van der Waals surface area (Å²) in [6, 6.07) is 16.4. The van der Waals surface area contributed by atoms with Gasteiger partial charge in [-0.15, -0.1) is 11.3 Å². The lowest BCUT2D eigenvalue weighted by atomic mass is 10.0. The molecular formula is C37H35N5S. The highest BCUT2D eigenvalue weighted by Gasteiger charge is 2.14. The molecule has 0 spiro atoms. The molecule has 43 heavy (non-hydrogen) atoms. The molecule has 0 aliphatic heterocycles. The summed E-state index contributed by atoms with van der Waals surface area (Å²) < 4.78 is 0. The molecule has 5 nitrogen and oxygen atoms in total. The van der Waals surface area contributed by atoms with E-state index in [2.05, 4.69) is 71.0 Å². The molecule has 0 atom stereocenters. The van der Waals surface area contributed by atoms with E-state index in [9.17, 15) is 0 Å². The first kappa shape index (κ1) is 29.3. The number of thiophene rings is 1. The van der Waals surface area contributed by atoms with E-state index in [0.29, 0.717) is 0 Å². The van der Waals surface area contributed by atoms with Gasteiger partial charge in [-0.3, -0.25) is 10.1 Å². The fourth-order valence-electron chi connectivity index (χ4n) is 4.84. The van der Waals surface area contributed by atoms with Gasteiger partial charge in [-0.05, 0) is 79.5 Å². The van der Waals surface area contributed by atoms with Gasteiger partial charge >= 0.3 is 0 Å². The highest BCUT2D eigenvalue weighted by atomic mass is 32.1. The van der Waals surface area contributed by atoms with Gasteiger partial charge in [0.2, 0.25) is 0 Å². The van der Waals surface area contributed by atoms with Crippen LogP contribution in [-0.2, 0) is 0 Å². The maximum Gasteiger partial charge on any atom is 0.116 e. The van der Waals surface area contributed by atoms with Gasteiger partial charge in [-0.2, -0.15) is 5.10 Å². The molecule has 214 valence electrons. The van der Waals surface area contributed by atoms with Crippen LogP contribution in [0.5, 0.6) is 0 Å². The van der Waals surface area contributed by atoms with Crippen molar-refractivity contribution in [3.63, 3.8) is 0 Å². The summed E-state index contributed by atoms with van der Waals surface area (Å²) in [6.45, 7) is 22.7. The Balaban J connectivity index is 1.51. The van der Waals surface area contributed by atoms with Crippen LogP contribution in [0.3, 0.4) is 0 Å². The summed E-state index contributed by atoms with van der Waals surface area (Å²) in [5.74, 6) is 0. The molecule has 6 heteroatoms. The smallest absolute Gasteiger partial charge is 0.116 e. The number of aromatic nitrogens is 4. The molecule has 0 aliphatic rings. The molecule has 0 bridgehead atoms. The van der Waals surface area contributed by atoms with Gasteiger partial charge in [0.05, 0.1) is 22.8 Å². The third kappa shape index (κ3) is 6.20. The number of pyridine rings is 1. The summed E-state index contributed by atoms with van der Waals surface area (Å²) in [4.78, 5) is 10.4. The van der Waals surface area contributed by atoms with Crippen LogP contribution < -0.4 is 15.9 Å². The van der Waals surface area contributed by atoms with E-state index in [4.69, 9.17) is 5.10 Å². The third-order valence-corrected chi connectivity index (χ3v) is 8.44. The molecule has 0 saturated carbocycles. The average Bonchev–Trinajstić information content (AvgIpc) is 3.77. The summed E-state index contributed by atoms with van der Waals surface area (Å²) in [5, 5.41) is 14.2. The normalized spacial score (nSPS) is 13.0. The van der Waals surface area contributed by atoms with Crippen molar-refractivity contribution < 1.29 is 0 Å². The van der Waals surface area contributed by atoms with Crippen molar-refractivity contribution in [2.45, 2.75) is 20.8 Å². The number of hydrogen-bond donors (Lipinski definition) is 3. The standard InChI is InChI=1S/C37H35N5S/c1-8-26(19-28(9-2)39-25(7)27-14-12-11-13-15-27)24(6)18-30-32(10-3)41-42-37(30)33-20-29-31(21-38-22-34(29)40-33)36-17-16-35(43-36)23(4)5/h8-22,39-41H,2,4,6-7H2,1,3,5H3/b26-8+,28-19+,30-18+,32-10+. The van der Waals surface area contributed by atoms with Crippen LogP contribution in [0.15, 0.2) is 122 Å². The fourth-order valence-corrected chi connectivity index (χ4v) is 5.80. The molecule has 5 aromatic rings. The number of fused-ring (bicyclic) bond motifs is 1. The first-order chi connectivity index (χ1) is 20.8. The minimum absolute atomic E-state index is 0.794. The summed E-state index contributed by atoms with van der Waals surface area (Å²) in [6.07, 6.45) is 13.7. The van der Waals surface area contributed by atoms with E-state index in [0.717, 1.165) is 77.0 Å². The van der Waals surface area contributed by atoms with Crippen LogP contribution in [0.2, 0.25) is 0 Å². The molecule has 4 aromatic heterocycles. The number of nitrogens with zero attached hydrogens (tertiary/aromatic N) is 2. The SMILES string of the molecule is C=C/C(=C\C(=C/C)C(=C)/C=c1/c(-c2cc3c(-c4ccc(C(=C)C)s4)cncc3[nH]2)n[nH]/c1=C/C)NC(=C)c1ccccc1. The van der Waals surface area contributed by atoms with Crippen LogP contribution in [0.1, 0.15) is 31.2 Å². The van der Waals surface area contributed by atoms with E-state index < -0.39 is 0 Å². The molecule has 0 unspecified atom stereocenters. The molecule has 3 N–H and O–H groups in total. The number of nitrogens with one attached hydrogen (secondary N) is 3. The highest BCUT2D eigenvalue weighted by Crippen LogP contribution is 2.36. The highest BCUT2D eigenvalue weighted by molar-refractivity contribution is 7.16. The van der Waals surface area contributed by atoms with E-state index in [1.165, 1.54) is 4.88 Å². The van der Waals surface area contributed by atoms with Gasteiger partial charge in [0.1, 0.15) is 5.69 Å². The fraction of sp³-hybridized carbons (Fsp3) is 0.0811. The van der Waals surface area contributed by atoms with Crippen molar-refractivity contribution in [2.24, 2.45) is 0 Å². The van der Waals surface area contributed by atoms with Gasteiger partial charge in [0.25, 0.3) is 0 Å². The molecule has 1 aromatic carbocycles. The van der Waals surface area contributed by atoms with Gasteiger partial charge in [0, 0.05) is 43.5 Å². The molecule has 0 aliphatic carbocycles. The number of allylic oxidation sites excluding steroid dienone is 6. The van der Waals surface area contributed by atoms with Gasteiger partial charge in [-0.1, -0.05) is 68.8 Å². The second-order valence-corrected chi connectivity index (χ2v) is 11.2. The first-order valence-electron chi connectivity index (χ1n) is 14.0. The molecule has 4 heterocycles. The topological polar surface area (TPSA) is 69.4 Å². The lowest BCUT2D eigenvalue weighted by Crippen LogP contribution is -2.23. The Morgan fingerprint density at radius 1 is 1.02 bits per heavy atom. The summed E-state index contributed by atoms with van der Waals surface area (Å²) in [7, 11) is 0. The minimum Gasteiger partial charge on any atom is -0.356 e. The van der Waals surface area contributed by atoms with Crippen LogP contribution in [-0.4, -0.2) is 20.2 Å². The quantitative estimate of drug-likeness (QED) is 0.146. The van der Waals surface area contributed by atoms with E-state index in [1.54, 1.807) is 17.4 Å². The maximum atomic E-state index is 4.71. The largest absolute Gasteiger partial charge is 0.356 e. The van der Waals surface area contributed by atoms with Gasteiger partial charge in [0.15, 0.2) is 0 Å². The number of aromatic amines is 2. The van der Waals surface area contributed by atoms with E-state index in [1.807, 2.05) is 81.7 Å². The number of rotatable bonds is 10. The summed E-state index contributed by atoms with van der Waals surface area (Å²) in [5.41, 5.74) is 9.21. The van der Waals surface area contributed by atoms with Gasteiger partial charge in [-0.25, -0.2) is 0 Å². The van der Waals surface area contributed by atoms with E-state index >= 15 is 0 Å². The van der Waals surface area contributed by atoms with Crippen LogP contribution in [0.4, 0.5) is 0 Å².